The molecule has 0 aliphatic rings. The molecule has 0 radical (unpaired) electrons. The number of hydrogen-bond donors (Lipinski definition) is 3. The molecular weight excluding hydrogens is 256 g/mol. The summed E-state index contributed by atoms with van der Waals surface area (Å²) < 4.78 is 29.6. The predicted octanol–water partition coefficient (Wildman–Crippen LogP) is 0.0805. The Morgan fingerprint density at radius 2 is 1.94 bits per heavy atom. The standard InChI is InChI=1S/C11H16N2O4S/c12-11(14)10(9-5-2-1-3-6-9)13-7-4-8-18(15,16)17/h1-3,5-6,10,13H,4,7-8H2,(H2,12,14)(H,15,16,17). The molecule has 0 saturated carbocycles. The van der Waals surface area contributed by atoms with Crippen LogP contribution in [-0.4, -0.2) is 31.2 Å². The maximum absolute atomic E-state index is 11.3. The number of nitrogens with two attached hydrogens (primary N) is 1. The summed E-state index contributed by atoms with van der Waals surface area (Å²) >= 11 is 0. The fourth-order valence-corrected chi connectivity index (χ4v) is 2.04. The zero-order valence-corrected chi connectivity index (χ0v) is 10.6. The molecule has 7 heteroatoms. The molecular formula is C11H16N2O4S. The fraction of sp³-hybridized carbons (Fsp3) is 0.364. The molecule has 1 amide bonds. The van der Waals surface area contributed by atoms with Gasteiger partial charge in [0.2, 0.25) is 5.91 Å². The molecule has 1 unspecified atom stereocenters. The summed E-state index contributed by atoms with van der Waals surface area (Å²) in [5, 5.41) is 2.86. The summed E-state index contributed by atoms with van der Waals surface area (Å²) in [7, 11) is -3.96. The maximum atomic E-state index is 11.3. The first-order chi connectivity index (χ1) is 8.40. The predicted molar refractivity (Wildman–Crippen MR) is 67.4 cm³/mol. The smallest absolute Gasteiger partial charge is 0.264 e. The monoisotopic (exact) mass is 272 g/mol. The summed E-state index contributed by atoms with van der Waals surface area (Å²) in [4.78, 5) is 11.3. The van der Waals surface area contributed by atoms with Crippen LogP contribution in [0.25, 0.3) is 0 Å². The molecule has 0 heterocycles. The van der Waals surface area contributed by atoms with Crippen LogP contribution in [0, 0.1) is 0 Å². The van der Waals surface area contributed by atoms with Crippen LogP contribution in [-0.2, 0) is 14.9 Å². The van der Waals surface area contributed by atoms with Crippen molar-refractivity contribution < 1.29 is 17.8 Å². The Kier molecular flexibility index (Phi) is 5.26. The van der Waals surface area contributed by atoms with Gasteiger partial charge in [0.15, 0.2) is 0 Å². The molecule has 0 aliphatic carbocycles. The van der Waals surface area contributed by atoms with Crippen molar-refractivity contribution in [3.8, 4) is 0 Å². The van der Waals surface area contributed by atoms with Gasteiger partial charge in [0.1, 0.15) is 6.04 Å². The van der Waals surface area contributed by atoms with Gasteiger partial charge in [-0.3, -0.25) is 9.35 Å². The summed E-state index contributed by atoms with van der Waals surface area (Å²) in [6, 6.07) is 8.24. The Bertz CT molecular complexity index is 487. The number of hydrogen-bond acceptors (Lipinski definition) is 4. The number of amides is 1. The van der Waals surface area contributed by atoms with Crippen molar-refractivity contribution >= 4 is 16.0 Å². The van der Waals surface area contributed by atoms with E-state index in [9.17, 15) is 13.2 Å². The number of nitrogens with one attached hydrogen (secondary N) is 1. The van der Waals surface area contributed by atoms with E-state index in [0.29, 0.717) is 0 Å². The lowest BCUT2D eigenvalue weighted by Crippen LogP contribution is -2.34. The Morgan fingerprint density at radius 3 is 2.44 bits per heavy atom. The van der Waals surface area contributed by atoms with Gasteiger partial charge in [0.05, 0.1) is 5.75 Å². The molecule has 1 atom stereocenters. The first-order valence-corrected chi connectivity index (χ1v) is 7.04. The van der Waals surface area contributed by atoms with Gasteiger partial charge in [-0.2, -0.15) is 8.42 Å². The van der Waals surface area contributed by atoms with Gasteiger partial charge in [-0.1, -0.05) is 30.3 Å². The number of carbonyl (C=O) groups is 1. The largest absolute Gasteiger partial charge is 0.368 e. The van der Waals surface area contributed by atoms with Crippen LogP contribution in [0.4, 0.5) is 0 Å². The van der Waals surface area contributed by atoms with Gasteiger partial charge in [-0.25, -0.2) is 0 Å². The molecule has 0 aliphatic heterocycles. The number of carbonyl (C=O) groups excluding carboxylic acids is 1. The molecule has 0 bridgehead atoms. The van der Waals surface area contributed by atoms with Crippen molar-refractivity contribution in [2.45, 2.75) is 12.5 Å². The molecule has 4 N–H and O–H groups in total. The van der Waals surface area contributed by atoms with E-state index >= 15 is 0 Å². The van der Waals surface area contributed by atoms with Crippen molar-refractivity contribution in [3.05, 3.63) is 35.9 Å². The lowest BCUT2D eigenvalue weighted by Gasteiger charge is -2.15. The third-order valence-electron chi connectivity index (χ3n) is 2.34. The zero-order chi connectivity index (χ0) is 13.6. The van der Waals surface area contributed by atoms with Crippen LogP contribution in [0.5, 0.6) is 0 Å². The van der Waals surface area contributed by atoms with Gasteiger partial charge in [-0.05, 0) is 18.5 Å². The van der Waals surface area contributed by atoms with Crippen molar-refractivity contribution in [3.63, 3.8) is 0 Å². The highest BCUT2D eigenvalue weighted by molar-refractivity contribution is 7.85. The molecule has 0 spiro atoms. The van der Waals surface area contributed by atoms with Gasteiger partial charge in [0, 0.05) is 0 Å². The van der Waals surface area contributed by atoms with Gasteiger partial charge >= 0.3 is 0 Å². The second-order valence-corrected chi connectivity index (χ2v) is 5.41. The molecule has 0 saturated heterocycles. The van der Waals surface area contributed by atoms with Crippen LogP contribution in [0.3, 0.4) is 0 Å². The SMILES string of the molecule is NC(=O)C(NCCCS(=O)(=O)O)c1ccccc1. The molecule has 0 aromatic heterocycles. The molecule has 1 aromatic rings. The quantitative estimate of drug-likeness (QED) is 0.481. The fourth-order valence-electron chi connectivity index (χ4n) is 1.53. The average Bonchev–Trinajstić information content (AvgIpc) is 2.28. The third kappa shape index (κ3) is 5.26. The summed E-state index contributed by atoms with van der Waals surface area (Å²) in [5.41, 5.74) is 5.99. The Hall–Kier alpha value is -1.44. The topological polar surface area (TPSA) is 109 Å². The molecule has 18 heavy (non-hydrogen) atoms. The van der Waals surface area contributed by atoms with E-state index in [2.05, 4.69) is 5.32 Å². The minimum atomic E-state index is -3.96. The number of rotatable bonds is 7. The van der Waals surface area contributed by atoms with Gasteiger partial charge in [-0.15, -0.1) is 0 Å². The summed E-state index contributed by atoms with van der Waals surface area (Å²) in [6.45, 7) is 0.266. The van der Waals surface area contributed by atoms with Crippen molar-refractivity contribution in [2.75, 3.05) is 12.3 Å². The molecule has 0 fully saturated rings. The first kappa shape index (κ1) is 14.6. The van der Waals surface area contributed by atoms with E-state index in [1.165, 1.54) is 0 Å². The zero-order valence-electron chi connectivity index (χ0n) is 9.74. The Labute approximate surface area is 106 Å². The second-order valence-electron chi connectivity index (χ2n) is 3.84. The van der Waals surface area contributed by atoms with E-state index in [1.54, 1.807) is 24.3 Å². The highest BCUT2D eigenvalue weighted by atomic mass is 32.2. The average molecular weight is 272 g/mol. The van der Waals surface area contributed by atoms with E-state index in [-0.39, 0.29) is 18.7 Å². The van der Waals surface area contributed by atoms with Crippen LogP contribution in [0.1, 0.15) is 18.0 Å². The molecule has 1 aromatic carbocycles. The Morgan fingerprint density at radius 1 is 1.33 bits per heavy atom. The lowest BCUT2D eigenvalue weighted by molar-refractivity contribution is -0.120. The summed E-state index contributed by atoms with van der Waals surface area (Å²) in [5.74, 6) is -0.881. The van der Waals surface area contributed by atoms with E-state index < -0.39 is 22.1 Å². The number of benzene rings is 1. The third-order valence-corrected chi connectivity index (χ3v) is 3.15. The Balaban J connectivity index is 2.53. The van der Waals surface area contributed by atoms with Crippen molar-refractivity contribution in [1.82, 2.24) is 5.32 Å². The highest BCUT2D eigenvalue weighted by Gasteiger charge is 2.16. The van der Waals surface area contributed by atoms with Crippen LogP contribution >= 0.6 is 0 Å². The van der Waals surface area contributed by atoms with Crippen LogP contribution < -0.4 is 11.1 Å². The van der Waals surface area contributed by atoms with E-state index in [0.717, 1.165) is 5.56 Å². The van der Waals surface area contributed by atoms with Crippen LogP contribution in [0.2, 0.25) is 0 Å². The second kappa shape index (κ2) is 6.48. The molecule has 1 rings (SSSR count). The minimum Gasteiger partial charge on any atom is -0.368 e. The molecule has 6 nitrogen and oxygen atoms in total. The van der Waals surface area contributed by atoms with Gasteiger partial charge < -0.3 is 11.1 Å². The van der Waals surface area contributed by atoms with Crippen LogP contribution in [0.15, 0.2) is 30.3 Å². The highest BCUT2D eigenvalue weighted by Crippen LogP contribution is 2.11. The van der Waals surface area contributed by atoms with E-state index in [1.807, 2.05) is 6.07 Å². The normalized spacial score (nSPS) is 13.2. The van der Waals surface area contributed by atoms with Gasteiger partial charge in [0.25, 0.3) is 10.1 Å². The van der Waals surface area contributed by atoms with Crippen molar-refractivity contribution in [1.29, 1.82) is 0 Å². The minimum absolute atomic E-state index is 0.204. The van der Waals surface area contributed by atoms with Crippen molar-refractivity contribution in [2.24, 2.45) is 5.73 Å². The van der Waals surface area contributed by atoms with E-state index in [4.69, 9.17) is 10.3 Å². The molecule has 100 valence electrons. The summed E-state index contributed by atoms with van der Waals surface area (Å²) in [6.07, 6.45) is 0.204. The lowest BCUT2D eigenvalue weighted by atomic mass is 10.1. The first-order valence-electron chi connectivity index (χ1n) is 5.43. The number of primary amides is 1. The maximum Gasteiger partial charge on any atom is 0.264 e.